The van der Waals surface area contributed by atoms with Crippen molar-refractivity contribution >= 4 is 52.1 Å². The largest absolute Gasteiger partial charge is 0.452 e. The second-order valence-electron chi connectivity index (χ2n) is 4.78. The maximum Gasteiger partial charge on any atom is 0.338 e. The third-order valence-corrected chi connectivity index (χ3v) is 3.66. The Hall–Kier alpha value is -2.84. The molecule has 0 aliphatic carbocycles. The van der Waals surface area contributed by atoms with Crippen LogP contribution in [0.25, 0.3) is 0 Å². The Kier molecular flexibility index (Phi) is 5.79. The van der Waals surface area contributed by atoms with Crippen molar-refractivity contribution < 1.29 is 19.2 Å². The van der Waals surface area contributed by atoms with Crippen LogP contribution in [0.4, 0.5) is 17.1 Å². The van der Waals surface area contributed by atoms with Crippen molar-refractivity contribution in [2.24, 2.45) is 0 Å². The van der Waals surface area contributed by atoms with Gasteiger partial charge in [-0.2, -0.15) is 0 Å². The van der Waals surface area contributed by atoms with Crippen molar-refractivity contribution in [2.75, 3.05) is 17.7 Å². The highest BCUT2D eigenvalue weighted by molar-refractivity contribution is 6.34. The molecule has 0 atom stereocenters. The molecule has 2 aromatic carbocycles. The zero-order chi connectivity index (χ0) is 18.6. The maximum absolute atomic E-state index is 11.8. The van der Waals surface area contributed by atoms with Gasteiger partial charge < -0.3 is 15.8 Å². The van der Waals surface area contributed by atoms with Crippen LogP contribution in [-0.4, -0.2) is 23.4 Å². The Labute approximate surface area is 151 Å². The lowest BCUT2D eigenvalue weighted by Gasteiger charge is -2.08. The van der Waals surface area contributed by atoms with Crippen molar-refractivity contribution in [1.29, 1.82) is 0 Å². The maximum atomic E-state index is 11.8. The van der Waals surface area contributed by atoms with Crippen LogP contribution < -0.4 is 11.1 Å². The monoisotopic (exact) mass is 383 g/mol. The van der Waals surface area contributed by atoms with Crippen LogP contribution in [0.2, 0.25) is 10.0 Å². The quantitative estimate of drug-likeness (QED) is 0.353. The average molecular weight is 384 g/mol. The Morgan fingerprint density at radius 2 is 1.88 bits per heavy atom. The fourth-order valence-electron chi connectivity index (χ4n) is 1.79. The highest BCUT2D eigenvalue weighted by Crippen LogP contribution is 2.26. The van der Waals surface area contributed by atoms with Crippen LogP contribution in [-0.2, 0) is 9.53 Å². The summed E-state index contributed by atoms with van der Waals surface area (Å²) in [4.78, 5) is 33.7. The van der Waals surface area contributed by atoms with Gasteiger partial charge in [0.25, 0.3) is 11.6 Å². The second-order valence-corrected chi connectivity index (χ2v) is 5.60. The number of hydrogen-bond donors (Lipinski definition) is 2. The van der Waals surface area contributed by atoms with Crippen LogP contribution in [0.1, 0.15) is 10.4 Å². The minimum atomic E-state index is -0.756. The lowest BCUT2D eigenvalue weighted by Crippen LogP contribution is -2.21. The van der Waals surface area contributed by atoms with Crippen molar-refractivity contribution in [3.05, 3.63) is 62.1 Å². The molecule has 130 valence electrons. The molecule has 0 bridgehead atoms. The van der Waals surface area contributed by atoms with Crippen LogP contribution in [0.3, 0.4) is 0 Å². The van der Waals surface area contributed by atoms with Crippen molar-refractivity contribution in [1.82, 2.24) is 0 Å². The lowest BCUT2D eigenvalue weighted by molar-refractivity contribution is -0.384. The standard InChI is InChI=1S/C15H11Cl2N3O5/c16-10-3-1-8(5-12(10)18)15(22)25-7-14(21)19-13-4-2-9(20(23)24)6-11(13)17/h1-6H,7,18H2,(H,19,21). The number of ether oxygens (including phenoxy) is 1. The number of nitrogen functional groups attached to an aromatic ring is 1. The zero-order valence-corrected chi connectivity index (χ0v) is 14.0. The number of amides is 1. The van der Waals surface area contributed by atoms with Crippen LogP contribution in [0.5, 0.6) is 0 Å². The molecule has 3 N–H and O–H groups in total. The van der Waals surface area contributed by atoms with Crippen molar-refractivity contribution in [3.63, 3.8) is 0 Å². The van der Waals surface area contributed by atoms with E-state index in [0.29, 0.717) is 5.02 Å². The van der Waals surface area contributed by atoms with Gasteiger partial charge in [-0.05, 0) is 24.3 Å². The molecule has 0 radical (unpaired) electrons. The smallest absolute Gasteiger partial charge is 0.338 e. The van der Waals surface area contributed by atoms with Crippen molar-refractivity contribution in [3.8, 4) is 0 Å². The summed E-state index contributed by atoms with van der Waals surface area (Å²) in [5.74, 6) is -1.42. The molecule has 0 aromatic heterocycles. The number of benzene rings is 2. The third kappa shape index (κ3) is 4.82. The second kappa shape index (κ2) is 7.82. The van der Waals surface area contributed by atoms with E-state index in [1.165, 1.54) is 30.3 Å². The summed E-state index contributed by atoms with van der Waals surface area (Å²) in [6.07, 6.45) is 0. The van der Waals surface area contributed by atoms with E-state index in [-0.39, 0.29) is 27.6 Å². The van der Waals surface area contributed by atoms with Gasteiger partial charge in [-0.1, -0.05) is 23.2 Å². The van der Waals surface area contributed by atoms with E-state index in [2.05, 4.69) is 5.32 Å². The molecule has 0 spiro atoms. The fraction of sp³-hybridized carbons (Fsp3) is 0.0667. The zero-order valence-electron chi connectivity index (χ0n) is 12.5. The first-order valence-corrected chi connectivity index (χ1v) is 7.49. The average Bonchev–Trinajstić information content (AvgIpc) is 2.56. The van der Waals surface area contributed by atoms with Gasteiger partial charge in [0.15, 0.2) is 6.61 Å². The predicted molar refractivity (Wildman–Crippen MR) is 92.9 cm³/mol. The van der Waals surface area contributed by atoms with Crippen LogP contribution >= 0.6 is 23.2 Å². The fourth-order valence-corrected chi connectivity index (χ4v) is 2.13. The van der Waals surface area contributed by atoms with E-state index in [4.69, 9.17) is 33.7 Å². The normalized spacial score (nSPS) is 10.2. The van der Waals surface area contributed by atoms with Gasteiger partial charge >= 0.3 is 5.97 Å². The molecule has 2 aromatic rings. The minimum absolute atomic E-state index is 0.0145. The summed E-state index contributed by atoms with van der Waals surface area (Å²) in [6.45, 7) is -0.575. The summed E-state index contributed by atoms with van der Waals surface area (Å²) < 4.78 is 4.86. The van der Waals surface area contributed by atoms with E-state index in [0.717, 1.165) is 6.07 Å². The van der Waals surface area contributed by atoms with E-state index in [1.54, 1.807) is 0 Å². The van der Waals surface area contributed by atoms with Gasteiger partial charge in [0.1, 0.15) is 0 Å². The van der Waals surface area contributed by atoms with Gasteiger partial charge in [0.2, 0.25) is 0 Å². The number of rotatable bonds is 5. The summed E-state index contributed by atoms with van der Waals surface area (Å²) >= 11 is 11.6. The summed E-state index contributed by atoms with van der Waals surface area (Å²) in [7, 11) is 0. The van der Waals surface area contributed by atoms with E-state index >= 15 is 0 Å². The number of non-ortho nitro benzene ring substituents is 1. The molecule has 10 heteroatoms. The molecule has 8 nitrogen and oxygen atoms in total. The van der Waals surface area contributed by atoms with E-state index in [1.807, 2.05) is 0 Å². The Balaban J connectivity index is 1.95. The Morgan fingerprint density at radius 3 is 2.48 bits per heavy atom. The predicted octanol–water partition coefficient (Wildman–Crippen LogP) is 3.28. The van der Waals surface area contributed by atoms with Gasteiger partial charge in [-0.15, -0.1) is 0 Å². The number of nitrogens with zero attached hydrogens (tertiary/aromatic N) is 1. The van der Waals surface area contributed by atoms with Gasteiger partial charge in [-0.25, -0.2) is 4.79 Å². The first kappa shape index (κ1) is 18.5. The highest BCUT2D eigenvalue weighted by Gasteiger charge is 2.14. The molecular weight excluding hydrogens is 373 g/mol. The molecule has 25 heavy (non-hydrogen) atoms. The minimum Gasteiger partial charge on any atom is -0.452 e. The summed E-state index contributed by atoms with van der Waals surface area (Å²) in [6, 6.07) is 7.73. The number of nitrogens with two attached hydrogens (primary N) is 1. The number of carbonyl (C=O) groups is 2. The number of nitrogens with one attached hydrogen (secondary N) is 1. The Morgan fingerprint density at radius 1 is 1.16 bits per heavy atom. The molecule has 0 fully saturated rings. The third-order valence-electron chi connectivity index (χ3n) is 3.00. The molecule has 0 unspecified atom stereocenters. The SMILES string of the molecule is Nc1cc(C(=O)OCC(=O)Nc2ccc([N+](=O)[O-])cc2Cl)ccc1Cl. The van der Waals surface area contributed by atoms with Gasteiger partial charge in [0, 0.05) is 12.1 Å². The van der Waals surface area contributed by atoms with E-state index in [9.17, 15) is 19.7 Å². The van der Waals surface area contributed by atoms with Gasteiger partial charge in [0.05, 0.1) is 31.9 Å². The molecular formula is C15H11Cl2N3O5. The molecule has 0 saturated carbocycles. The first-order valence-electron chi connectivity index (χ1n) is 6.74. The molecule has 1 amide bonds. The number of halogens is 2. The number of nitro benzene ring substituents is 1. The number of carbonyl (C=O) groups excluding carboxylic acids is 2. The first-order chi connectivity index (χ1) is 11.8. The van der Waals surface area contributed by atoms with Gasteiger partial charge in [-0.3, -0.25) is 14.9 Å². The molecule has 0 saturated heterocycles. The molecule has 0 aliphatic heterocycles. The van der Waals surface area contributed by atoms with Crippen LogP contribution in [0.15, 0.2) is 36.4 Å². The van der Waals surface area contributed by atoms with Crippen LogP contribution in [0, 0.1) is 10.1 Å². The topological polar surface area (TPSA) is 125 Å². The van der Waals surface area contributed by atoms with Crippen molar-refractivity contribution in [2.45, 2.75) is 0 Å². The number of hydrogen-bond acceptors (Lipinski definition) is 6. The summed E-state index contributed by atoms with van der Waals surface area (Å²) in [5, 5.41) is 13.3. The summed E-state index contributed by atoms with van der Waals surface area (Å²) in [5.41, 5.74) is 5.88. The molecule has 0 aliphatic rings. The lowest BCUT2D eigenvalue weighted by atomic mass is 10.2. The van der Waals surface area contributed by atoms with E-state index < -0.39 is 23.4 Å². The number of anilines is 2. The highest BCUT2D eigenvalue weighted by atomic mass is 35.5. The number of esters is 1. The Bertz CT molecular complexity index is 857. The molecule has 2 rings (SSSR count). The molecule has 0 heterocycles. The number of nitro groups is 1.